The molecule has 0 bridgehead atoms. The van der Waals surface area contributed by atoms with Crippen molar-refractivity contribution in [3.63, 3.8) is 0 Å². The van der Waals surface area contributed by atoms with Crippen molar-refractivity contribution in [1.29, 1.82) is 0 Å². The molecule has 0 aliphatic rings. The van der Waals surface area contributed by atoms with E-state index in [2.05, 4.69) is 16.9 Å². The molecule has 0 aliphatic carbocycles. The number of hydrogen-bond acceptors (Lipinski definition) is 3. The summed E-state index contributed by atoms with van der Waals surface area (Å²) < 4.78 is 43.3. The van der Waals surface area contributed by atoms with Crippen molar-refractivity contribution >= 4 is 16.1 Å². The lowest BCUT2D eigenvalue weighted by atomic mass is 10.4. The van der Waals surface area contributed by atoms with Crippen molar-refractivity contribution in [2.45, 2.75) is 4.90 Å². The molecule has 0 aliphatic heterocycles. The smallest absolute Gasteiger partial charge is 0.336 e. The molecule has 6 nitrogen and oxygen atoms in total. The van der Waals surface area contributed by atoms with Gasteiger partial charge in [0.25, 0.3) is 0 Å². The molecule has 0 atom stereocenters. The summed E-state index contributed by atoms with van der Waals surface area (Å²) in [5, 5.41) is 4.58. The molecule has 1 aromatic rings. The van der Waals surface area contributed by atoms with Gasteiger partial charge < -0.3 is 4.55 Å². The van der Waals surface area contributed by atoms with E-state index in [-0.39, 0.29) is 5.96 Å². The largest absolute Gasteiger partial charge is 0.744 e. The standard InChI is InChI=1S/C6H5FO3S.CH5N3/c7-5-3-1-2-4-6(5)11(8,9)10;2-1(3)4/h1-4H,(H,8,9,10);(H5,2,3,4). The summed E-state index contributed by atoms with van der Waals surface area (Å²) >= 11 is 0. The van der Waals surface area contributed by atoms with Gasteiger partial charge in [-0.05, 0) is 12.1 Å². The number of halogens is 1. The third-order valence-electron chi connectivity index (χ3n) is 1.11. The first kappa shape index (κ1) is 13.3. The van der Waals surface area contributed by atoms with Crippen molar-refractivity contribution in [1.82, 2.24) is 0 Å². The average Bonchev–Trinajstić information content (AvgIpc) is 2.01. The third-order valence-corrected chi connectivity index (χ3v) is 1.98. The van der Waals surface area contributed by atoms with Crippen LogP contribution in [0.5, 0.6) is 0 Å². The normalized spacial score (nSPS) is 10.0. The number of nitrogens with two attached hydrogens (primary N) is 3. The number of guanidine groups is 1. The van der Waals surface area contributed by atoms with E-state index < -0.39 is 20.8 Å². The molecule has 0 heterocycles. The summed E-state index contributed by atoms with van der Waals surface area (Å²) in [6.45, 7) is 0. The average molecular weight is 235 g/mol. The quantitative estimate of drug-likeness (QED) is 0.287. The Balaban J connectivity index is 0.000000423. The molecular formula is C7H10FN3O3S. The summed E-state index contributed by atoms with van der Waals surface area (Å²) in [5.41, 5.74) is 9.17. The maximum Gasteiger partial charge on any atom is 0.336 e. The fraction of sp³-hybridized carbons (Fsp3) is 0. The van der Waals surface area contributed by atoms with Crippen LogP contribution in [0.4, 0.5) is 4.39 Å². The van der Waals surface area contributed by atoms with E-state index in [0.29, 0.717) is 0 Å². The van der Waals surface area contributed by atoms with Crippen LogP contribution in [0.2, 0.25) is 0 Å². The monoisotopic (exact) mass is 235 g/mol. The van der Waals surface area contributed by atoms with Gasteiger partial charge >= 0.3 is 5.96 Å². The Morgan fingerprint density at radius 1 is 1.33 bits per heavy atom. The fourth-order valence-corrected chi connectivity index (χ4v) is 1.20. The summed E-state index contributed by atoms with van der Waals surface area (Å²) in [6.07, 6.45) is 0. The number of benzene rings is 1. The lowest BCUT2D eigenvalue weighted by Gasteiger charge is -2.06. The van der Waals surface area contributed by atoms with Crippen LogP contribution in [0, 0.1) is 5.82 Å². The second-order valence-electron chi connectivity index (χ2n) is 2.38. The third kappa shape index (κ3) is 5.60. The zero-order chi connectivity index (χ0) is 12.1. The summed E-state index contributed by atoms with van der Waals surface area (Å²) in [6, 6.07) is 4.44. The highest BCUT2D eigenvalue weighted by atomic mass is 32.2. The number of hydrogen-bond donors (Lipinski definition) is 3. The minimum atomic E-state index is -4.66. The fourth-order valence-electron chi connectivity index (χ4n) is 0.647. The van der Waals surface area contributed by atoms with Crippen LogP contribution in [-0.4, -0.2) is 18.9 Å². The van der Waals surface area contributed by atoms with Gasteiger partial charge in [0.15, 0.2) is 0 Å². The van der Waals surface area contributed by atoms with E-state index in [1.54, 1.807) is 0 Å². The maximum atomic E-state index is 12.5. The minimum Gasteiger partial charge on any atom is -0.744 e. The van der Waals surface area contributed by atoms with Crippen molar-refractivity contribution in [3.8, 4) is 0 Å². The van der Waals surface area contributed by atoms with E-state index in [1.807, 2.05) is 0 Å². The van der Waals surface area contributed by atoms with Crippen LogP contribution in [0.3, 0.4) is 0 Å². The Morgan fingerprint density at radius 2 is 1.73 bits per heavy atom. The molecule has 0 spiro atoms. The second-order valence-corrected chi connectivity index (χ2v) is 3.73. The van der Waals surface area contributed by atoms with Gasteiger partial charge in [-0.3, -0.25) is 16.9 Å². The Kier molecular flexibility index (Phi) is 4.68. The predicted octanol–water partition coefficient (Wildman–Crippen LogP) is -2.25. The molecule has 0 amide bonds. The van der Waals surface area contributed by atoms with Crippen molar-refractivity contribution in [2.75, 3.05) is 0 Å². The highest BCUT2D eigenvalue weighted by molar-refractivity contribution is 7.85. The summed E-state index contributed by atoms with van der Waals surface area (Å²) in [7, 11) is -4.66. The molecule has 0 saturated heterocycles. The SMILES string of the molecule is NC(N)=[NH2+].O=S(=O)([O-])c1ccccc1F. The van der Waals surface area contributed by atoms with Crippen LogP contribution in [-0.2, 0) is 10.1 Å². The Bertz CT molecular complexity index is 443. The van der Waals surface area contributed by atoms with E-state index in [4.69, 9.17) is 0 Å². The van der Waals surface area contributed by atoms with E-state index in [1.165, 1.54) is 12.1 Å². The second kappa shape index (κ2) is 5.27. The lowest BCUT2D eigenvalue weighted by molar-refractivity contribution is -0.116. The molecule has 0 aromatic heterocycles. The molecule has 84 valence electrons. The molecular weight excluding hydrogens is 225 g/mol. The zero-order valence-corrected chi connectivity index (χ0v) is 8.37. The van der Waals surface area contributed by atoms with E-state index in [9.17, 15) is 17.4 Å². The van der Waals surface area contributed by atoms with Gasteiger partial charge in [0.1, 0.15) is 15.9 Å². The van der Waals surface area contributed by atoms with E-state index in [0.717, 1.165) is 12.1 Å². The highest BCUT2D eigenvalue weighted by Gasteiger charge is 2.05. The topological polar surface area (TPSA) is 135 Å². The van der Waals surface area contributed by atoms with Crippen molar-refractivity contribution in [3.05, 3.63) is 30.1 Å². The van der Waals surface area contributed by atoms with Crippen LogP contribution < -0.4 is 16.9 Å². The minimum absolute atomic E-state index is 0.0833. The van der Waals surface area contributed by atoms with E-state index >= 15 is 0 Å². The molecule has 1 rings (SSSR count). The van der Waals surface area contributed by atoms with Gasteiger partial charge in [-0.25, -0.2) is 12.8 Å². The van der Waals surface area contributed by atoms with Crippen LogP contribution in [0.1, 0.15) is 0 Å². The molecule has 15 heavy (non-hydrogen) atoms. The first-order chi connectivity index (χ1) is 6.75. The van der Waals surface area contributed by atoms with Gasteiger partial charge in [0.05, 0.1) is 4.90 Å². The van der Waals surface area contributed by atoms with Crippen molar-refractivity contribution < 1.29 is 22.8 Å². The maximum absolute atomic E-state index is 12.5. The zero-order valence-electron chi connectivity index (χ0n) is 7.55. The Morgan fingerprint density at radius 3 is 2.00 bits per heavy atom. The lowest BCUT2D eigenvalue weighted by Crippen LogP contribution is -2.51. The summed E-state index contributed by atoms with van der Waals surface area (Å²) in [4.78, 5) is -0.806. The Hall–Kier alpha value is -1.67. The molecule has 0 saturated carbocycles. The van der Waals surface area contributed by atoms with Crippen LogP contribution >= 0.6 is 0 Å². The molecule has 6 N–H and O–H groups in total. The van der Waals surface area contributed by atoms with Gasteiger partial charge in [0, 0.05) is 0 Å². The molecule has 0 fully saturated rings. The summed E-state index contributed by atoms with van der Waals surface area (Å²) in [5.74, 6) is -1.09. The van der Waals surface area contributed by atoms with Crippen LogP contribution in [0.15, 0.2) is 29.2 Å². The van der Waals surface area contributed by atoms with Crippen molar-refractivity contribution in [2.24, 2.45) is 11.5 Å². The molecule has 0 unspecified atom stereocenters. The highest BCUT2D eigenvalue weighted by Crippen LogP contribution is 2.11. The molecule has 0 radical (unpaired) electrons. The van der Waals surface area contributed by atoms with Gasteiger partial charge in [-0.2, -0.15) is 0 Å². The number of rotatable bonds is 1. The van der Waals surface area contributed by atoms with Crippen LogP contribution in [0.25, 0.3) is 0 Å². The molecule has 1 aromatic carbocycles. The predicted molar refractivity (Wildman–Crippen MR) is 49.7 cm³/mol. The first-order valence-corrected chi connectivity index (χ1v) is 4.99. The van der Waals surface area contributed by atoms with Gasteiger partial charge in [-0.15, -0.1) is 0 Å². The van der Waals surface area contributed by atoms with Gasteiger partial charge in [-0.1, -0.05) is 12.1 Å². The Labute approximate surface area is 86.0 Å². The first-order valence-electron chi connectivity index (χ1n) is 3.59. The molecule has 8 heteroatoms. The van der Waals surface area contributed by atoms with Gasteiger partial charge in [0.2, 0.25) is 0 Å².